The van der Waals surface area contributed by atoms with Gasteiger partial charge in [0.05, 0.1) is 0 Å². The average Bonchev–Trinajstić information content (AvgIpc) is 2.45. The summed E-state index contributed by atoms with van der Waals surface area (Å²) in [4.78, 5) is 0. The Morgan fingerprint density at radius 2 is 1.57 bits per heavy atom. The highest BCUT2D eigenvalue weighted by Gasteiger charge is 2.12. The largest absolute Gasteiger partial charge is 0.314 e. The van der Waals surface area contributed by atoms with Crippen molar-refractivity contribution in [2.24, 2.45) is 0 Å². The fourth-order valence-electron chi connectivity index (χ4n) is 2.83. The Kier molecular flexibility index (Phi) is 5.51. The molecule has 0 radical (unpaired) electrons. The van der Waals surface area contributed by atoms with Crippen LogP contribution in [0.3, 0.4) is 0 Å². The maximum atomic E-state index is 13.0. The van der Waals surface area contributed by atoms with Crippen LogP contribution in [0.2, 0.25) is 0 Å². The van der Waals surface area contributed by atoms with E-state index in [4.69, 9.17) is 0 Å². The molecule has 2 heteroatoms. The van der Waals surface area contributed by atoms with Crippen LogP contribution in [-0.4, -0.2) is 12.6 Å². The first-order valence-electron chi connectivity index (χ1n) is 7.63. The molecule has 1 unspecified atom stereocenters. The maximum Gasteiger partial charge on any atom is 0.123 e. The average molecular weight is 285 g/mol. The zero-order valence-corrected chi connectivity index (χ0v) is 13.1. The molecule has 0 aliphatic heterocycles. The van der Waals surface area contributed by atoms with E-state index in [1.807, 2.05) is 12.1 Å². The maximum absolute atomic E-state index is 13.0. The van der Waals surface area contributed by atoms with E-state index >= 15 is 0 Å². The monoisotopic (exact) mass is 285 g/mol. The van der Waals surface area contributed by atoms with Crippen molar-refractivity contribution in [2.45, 2.75) is 39.7 Å². The van der Waals surface area contributed by atoms with E-state index in [1.54, 1.807) is 0 Å². The molecule has 1 nitrogen and oxygen atoms in total. The molecule has 1 N–H and O–H groups in total. The molecule has 0 aliphatic carbocycles. The number of likely N-dealkylation sites (N-methyl/N-ethyl adjacent to an activating group) is 1. The van der Waals surface area contributed by atoms with Gasteiger partial charge in [0.15, 0.2) is 0 Å². The summed E-state index contributed by atoms with van der Waals surface area (Å²) in [6.07, 6.45) is 1.92. The second-order valence-corrected chi connectivity index (χ2v) is 5.66. The zero-order chi connectivity index (χ0) is 15.2. The van der Waals surface area contributed by atoms with Gasteiger partial charge in [0.25, 0.3) is 0 Å². The third-order valence-electron chi connectivity index (χ3n) is 3.98. The number of halogens is 1. The van der Waals surface area contributed by atoms with Gasteiger partial charge in [-0.05, 0) is 67.6 Å². The summed E-state index contributed by atoms with van der Waals surface area (Å²) in [7, 11) is 0. The fraction of sp³-hybridized carbons (Fsp3) is 0.368. The van der Waals surface area contributed by atoms with Crippen molar-refractivity contribution in [3.05, 3.63) is 70.5 Å². The first-order valence-corrected chi connectivity index (χ1v) is 7.63. The predicted octanol–water partition coefficient (Wildman–Crippen LogP) is 4.21. The third kappa shape index (κ3) is 4.40. The summed E-state index contributed by atoms with van der Waals surface area (Å²) in [6, 6.07) is 13.7. The molecule has 2 aromatic carbocycles. The van der Waals surface area contributed by atoms with Crippen molar-refractivity contribution in [3.8, 4) is 0 Å². The highest BCUT2D eigenvalue weighted by Crippen LogP contribution is 2.17. The zero-order valence-electron chi connectivity index (χ0n) is 13.1. The van der Waals surface area contributed by atoms with Gasteiger partial charge < -0.3 is 5.32 Å². The summed E-state index contributed by atoms with van der Waals surface area (Å²) in [6.45, 7) is 7.41. The normalized spacial score (nSPS) is 12.4. The van der Waals surface area contributed by atoms with Gasteiger partial charge >= 0.3 is 0 Å². The molecular weight excluding hydrogens is 261 g/mol. The number of aryl methyl sites for hydroxylation is 2. The van der Waals surface area contributed by atoms with Crippen LogP contribution in [0.25, 0.3) is 0 Å². The third-order valence-corrected chi connectivity index (χ3v) is 3.98. The summed E-state index contributed by atoms with van der Waals surface area (Å²) in [5.74, 6) is -0.173. The first-order chi connectivity index (χ1) is 10.1. The van der Waals surface area contributed by atoms with E-state index < -0.39 is 0 Å². The topological polar surface area (TPSA) is 12.0 Å². The molecule has 2 aromatic rings. The lowest BCUT2D eigenvalue weighted by atomic mass is 9.93. The Hall–Kier alpha value is -1.67. The minimum Gasteiger partial charge on any atom is -0.314 e. The Morgan fingerprint density at radius 1 is 0.952 bits per heavy atom. The van der Waals surface area contributed by atoms with Gasteiger partial charge in [-0.25, -0.2) is 4.39 Å². The van der Waals surface area contributed by atoms with E-state index in [9.17, 15) is 4.39 Å². The van der Waals surface area contributed by atoms with E-state index in [0.717, 1.165) is 19.4 Å². The van der Waals surface area contributed by atoms with Gasteiger partial charge in [0, 0.05) is 6.04 Å². The number of nitrogens with one attached hydrogen (secondary N) is 1. The van der Waals surface area contributed by atoms with Crippen LogP contribution in [-0.2, 0) is 12.8 Å². The first kappa shape index (κ1) is 15.7. The van der Waals surface area contributed by atoms with Crippen molar-refractivity contribution in [1.29, 1.82) is 0 Å². The summed E-state index contributed by atoms with van der Waals surface area (Å²) < 4.78 is 13.0. The van der Waals surface area contributed by atoms with Crippen molar-refractivity contribution in [3.63, 3.8) is 0 Å². The Labute approximate surface area is 127 Å². The molecule has 0 heterocycles. The number of hydrogen-bond acceptors (Lipinski definition) is 1. The van der Waals surface area contributed by atoms with E-state index in [-0.39, 0.29) is 5.82 Å². The molecule has 0 saturated carbocycles. The molecule has 0 amide bonds. The molecule has 0 saturated heterocycles. The molecular formula is C19H24FN. The van der Waals surface area contributed by atoms with Crippen LogP contribution in [0.4, 0.5) is 4.39 Å². The lowest BCUT2D eigenvalue weighted by molar-refractivity contribution is 0.519. The van der Waals surface area contributed by atoms with Crippen molar-refractivity contribution >= 4 is 0 Å². The van der Waals surface area contributed by atoms with Crippen LogP contribution in [0, 0.1) is 19.7 Å². The fourth-order valence-corrected chi connectivity index (χ4v) is 2.83. The second kappa shape index (κ2) is 7.37. The van der Waals surface area contributed by atoms with Crippen molar-refractivity contribution in [2.75, 3.05) is 6.54 Å². The van der Waals surface area contributed by atoms with Crippen LogP contribution in [0.15, 0.2) is 42.5 Å². The molecule has 0 spiro atoms. The molecule has 2 rings (SSSR count). The van der Waals surface area contributed by atoms with Crippen molar-refractivity contribution < 1.29 is 4.39 Å². The van der Waals surface area contributed by atoms with Gasteiger partial charge in [0.2, 0.25) is 0 Å². The number of rotatable bonds is 6. The Bertz CT molecular complexity index is 554. The summed E-state index contributed by atoms with van der Waals surface area (Å²) in [5, 5.41) is 3.55. The highest BCUT2D eigenvalue weighted by molar-refractivity contribution is 5.34. The highest BCUT2D eigenvalue weighted by atomic mass is 19.1. The van der Waals surface area contributed by atoms with E-state index in [0.29, 0.717) is 6.04 Å². The number of hydrogen-bond donors (Lipinski definition) is 1. The molecule has 0 aromatic heterocycles. The molecule has 0 bridgehead atoms. The minimum absolute atomic E-state index is 0.173. The molecule has 112 valence electrons. The standard InChI is InChI=1S/C19H24FN/c1-4-21-18(12-16-8-10-17(20)11-9-16)13-19-14(2)6-5-7-15(19)3/h5-11,18,21H,4,12-13H2,1-3H3. The van der Waals surface area contributed by atoms with Gasteiger partial charge in [0.1, 0.15) is 5.82 Å². The van der Waals surface area contributed by atoms with Gasteiger partial charge in [-0.1, -0.05) is 37.3 Å². The smallest absolute Gasteiger partial charge is 0.123 e. The van der Waals surface area contributed by atoms with Crippen LogP contribution >= 0.6 is 0 Å². The van der Waals surface area contributed by atoms with Gasteiger partial charge in [-0.2, -0.15) is 0 Å². The van der Waals surface area contributed by atoms with Crippen LogP contribution < -0.4 is 5.32 Å². The van der Waals surface area contributed by atoms with Gasteiger partial charge in [-0.3, -0.25) is 0 Å². The Morgan fingerprint density at radius 3 is 2.14 bits per heavy atom. The molecule has 21 heavy (non-hydrogen) atoms. The van der Waals surface area contributed by atoms with E-state index in [2.05, 4.69) is 44.3 Å². The Balaban J connectivity index is 2.13. The quantitative estimate of drug-likeness (QED) is 0.838. The summed E-state index contributed by atoms with van der Waals surface area (Å²) >= 11 is 0. The minimum atomic E-state index is -0.173. The van der Waals surface area contributed by atoms with Gasteiger partial charge in [-0.15, -0.1) is 0 Å². The lowest BCUT2D eigenvalue weighted by Crippen LogP contribution is -2.33. The van der Waals surface area contributed by atoms with E-state index in [1.165, 1.54) is 34.4 Å². The molecule has 0 fully saturated rings. The number of benzene rings is 2. The lowest BCUT2D eigenvalue weighted by Gasteiger charge is -2.20. The second-order valence-electron chi connectivity index (χ2n) is 5.66. The van der Waals surface area contributed by atoms with Crippen LogP contribution in [0.5, 0.6) is 0 Å². The SMILES string of the molecule is CCNC(Cc1ccc(F)cc1)Cc1c(C)cccc1C. The predicted molar refractivity (Wildman–Crippen MR) is 87.2 cm³/mol. The summed E-state index contributed by atoms with van der Waals surface area (Å²) in [5.41, 5.74) is 5.29. The molecule has 1 atom stereocenters. The molecule has 0 aliphatic rings. The van der Waals surface area contributed by atoms with Crippen molar-refractivity contribution in [1.82, 2.24) is 5.32 Å². The van der Waals surface area contributed by atoms with Crippen LogP contribution in [0.1, 0.15) is 29.2 Å².